The zero-order chi connectivity index (χ0) is 17.4. The molecule has 7 nitrogen and oxygen atoms in total. The molecule has 25 heavy (non-hydrogen) atoms. The molecule has 4 aromatic rings. The molecule has 0 saturated carbocycles. The summed E-state index contributed by atoms with van der Waals surface area (Å²) in [5.41, 5.74) is 0.581. The van der Waals surface area contributed by atoms with Crippen molar-refractivity contribution in [2.45, 2.75) is 13.1 Å². The van der Waals surface area contributed by atoms with Crippen LogP contribution in [0.15, 0.2) is 58.2 Å². The summed E-state index contributed by atoms with van der Waals surface area (Å²) in [4.78, 5) is 24.5. The van der Waals surface area contributed by atoms with Gasteiger partial charge in [-0.25, -0.2) is 9.07 Å². The van der Waals surface area contributed by atoms with Crippen molar-refractivity contribution in [1.82, 2.24) is 19.5 Å². The van der Waals surface area contributed by atoms with Crippen LogP contribution in [0.3, 0.4) is 0 Å². The van der Waals surface area contributed by atoms with E-state index in [1.54, 1.807) is 28.7 Å². The molecule has 0 aliphatic rings. The first kappa shape index (κ1) is 15.1. The van der Waals surface area contributed by atoms with E-state index in [0.29, 0.717) is 22.2 Å². The smallest absolute Gasteiger partial charge is 0.291 e. The molecule has 0 unspecified atom stereocenters. The number of nitrogens with zero attached hydrogens (tertiary/aromatic N) is 3. The average molecular weight is 340 g/mol. The minimum atomic E-state index is -0.424. The number of nitrogens with one attached hydrogen (secondary N) is 1. The van der Waals surface area contributed by atoms with E-state index in [1.807, 2.05) is 0 Å². The van der Waals surface area contributed by atoms with Crippen LogP contribution < -0.4 is 10.9 Å². The minimum Gasteiger partial charge on any atom is -0.467 e. The van der Waals surface area contributed by atoms with Crippen LogP contribution in [-0.4, -0.2) is 20.1 Å². The van der Waals surface area contributed by atoms with Crippen molar-refractivity contribution in [3.8, 4) is 0 Å². The van der Waals surface area contributed by atoms with E-state index >= 15 is 0 Å². The number of amides is 1. The molecule has 0 radical (unpaired) electrons. The summed E-state index contributed by atoms with van der Waals surface area (Å²) in [5, 5.41) is 7.28. The molecule has 0 spiro atoms. The van der Waals surface area contributed by atoms with Crippen LogP contribution >= 0.6 is 0 Å². The maximum absolute atomic E-state index is 13.3. The third-order valence-corrected chi connectivity index (χ3v) is 3.89. The van der Waals surface area contributed by atoms with E-state index in [0.717, 1.165) is 4.68 Å². The zero-order valence-corrected chi connectivity index (χ0v) is 13.0. The van der Waals surface area contributed by atoms with Crippen LogP contribution in [0.1, 0.15) is 5.76 Å². The number of furan rings is 1. The number of halogens is 1. The van der Waals surface area contributed by atoms with Crippen LogP contribution in [0.25, 0.3) is 16.4 Å². The number of carbonyl (C=O) groups is 1. The fourth-order valence-electron chi connectivity index (χ4n) is 2.70. The van der Waals surface area contributed by atoms with Crippen molar-refractivity contribution in [1.29, 1.82) is 0 Å². The zero-order valence-electron chi connectivity index (χ0n) is 13.0. The first-order chi connectivity index (χ1) is 12.1. The molecule has 4 rings (SSSR count). The quantitative estimate of drug-likeness (QED) is 0.613. The first-order valence-electron chi connectivity index (χ1n) is 7.57. The van der Waals surface area contributed by atoms with Gasteiger partial charge in [0, 0.05) is 5.39 Å². The van der Waals surface area contributed by atoms with Gasteiger partial charge in [0.25, 0.3) is 5.56 Å². The third-order valence-electron chi connectivity index (χ3n) is 3.89. The first-order valence-corrected chi connectivity index (χ1v) is 7.57. The molecule has 0 aliphatic heterocycles. The van der Waals surface area contributed by atoms with Crippen molar-refractivity contribution >= 4 is 22.3 Å². The Bertz CT molecular complexity index is 1130. The summed E-state index contributed by atoms with van der Waals surface area (Å²) in [7, 11) is 0. The third kappa shape index (κ3) is 2.78. The monoisotopic (exact) mass is 340 g/mol. The second kappa shape index (κ2) is 5.90. The Balaban J connectivity index is 1.61. The Morgan fingerprint density at radius 1 is 1.24 bits per heavy atom. The highest BCUT2D eigenvalue weighted by Gasteiger charge is 2.12. The lowest BCUT2D eigenvalue weighted by Crippen LogP contribution is -2.33. The SMILES string of the molecule is O=C(Cn1ncn2c(cc3cc(F)ccc32)c1=O)NCc1ccco1. The predicted molar refractivity (Wildman–Crippen MR) is 87.5 cm³/mol. The number of benzene rings is 1. The second-order valence-electron chi connectivity index (χ2n) is 5.55. The van der Waals surface area contributed by atoms with Crippen molar-refractivity contribution in [2.75, 3.05) is 0 Å². The Hall–Kier alpha value is -3.42. The molecule has 8 heteroatoms. The van der Waals surface area contributed by atoms with Gasteiger partial charge in [0.1, 0.15) is 30.0 Å². The van der Waals surface area contributed by atoms with Crippen molar-refractivity contribution in [3.63, 3.8) is 0 Å². The van der Waals surface area contributed by atoms with Crippen LogP contribution in [0.2, 0.25) is 0 Å². The summed E-state index contributed by atoms with van der Waals surface area (Å²) in [6, 6.07) is 9.30. The van der Waals surface area contributed by atoms with Gasteiger partial charge in [0.15, 0.2) is 0 Å². The van der Waals surface area contributed by atoms with E-state index in [2.05, 4.69) is 10.4 Å². The Morgan fingerprint density at radius 2 is 2.12 bits per heavy atom. The normalized spacial score (nSPS) is 11.2. The molecule has 0 bridgehead atoms. The molecule has 0 fully saturated rings. The van der Waals surface area contributed by atoms with Crippen molar-refractivity contribution < 1.29 is 13.6 Å². The lowest BCUT2D eigenvalue weighted by molar-refractivity contribution is -0.122. The Kier molecular flexibility index (Phi) is 3.57. The summed E-state index contributed by atoms with van der Waals surface area (Å²) in [6.45, 7) is 0.0169. The van der Waals surface area contributed by atoms with Gasteiger partial charge < -0.3 is 9.73 Å². The van der Waals surface area contributed by atoms with E-state index in [-0.39, 0.29) is 24.8 Å². The lowest BCUT2D eigenvalue weighted by atomic mass is 10.2. The maximum Gasteiger partial charge on any atom is 0.291 e. The number of carbonyl (C=O) groups excluding carboxylic acids is 1. The van der Waals surface area contributed by atoms with Crippen LogP contribution in [-0.2, 0) is 17.9 Å². The average Bonchev–Trinajstić information content (AvgIpc) is 3.23. The number of rotatable bonds is 4. The number of aromatic nitrogens is 3. The number of hydrogen-bond acceptors (Lipinski definition) is 4. The molecule has 1 amide bonds. The fraction of sp³-hybridized carbons (Fsp3) is 0.118. The number of hydrogen-bond donors (Lipinski definition) is 1. The van der Waals surface area contributed by atoms with Gasteiger partial charge in [-0.3, -0.25) is 14.0 Å². The predicted octanol–water partition coefficient (Wildman–Crippen LogP) is 1.70. The van der Waals surface area contributed by atoms with E-state index < -0.39 is 5.56 Å². The lowest BCUT2D eigenvalue weighted by Gasteiger charge is -2.06. The summed E-state index contributed by atoms with van der Waals surface area (Å²) < 4.78 is 21.1. The van der Waals surface area contributed by atoms with Gasteiger partial charge >= 0.3 is 0 Å². The molecular weight excluding hydrogens is 327 g/mol. The summed E-state index contributed by atoms with van der Waals surface area (Å²) >= 11 is 0. The molecule has 1 N–H and O–H groups in total. The Morgan fingerprint density at radius 3 is 2.92 bits per heavy atom. The summed E-state index contributed by atoms with van der Waals surface area (Å²) in [5.74, 6) is -0.129. The molecule has 1 aromatic carbocycles. The van der Waals surface area contributed by atoms with Gasteiger partial charge in [-0.1, -0.05) is 0 Å². The van der Waals surface area contributed by atoms with Gasteiger partial charge in [-0.2, -0.15) is 5.10 Å². The van der Waals surface area contributed by atoms with E-state index in [4.69, 9.17) is 4.42 Å². The van der Waals surface area contributed by atoms with Gasteiger partial charge in [0.2, 0.25) is 5.91 Å². The van der Waals surface area contributed by atoms with Gasteiger partial charge in [0.05, 0.1) is 18.3 Å². The molecule has 0 saturated heterocycles. The maximum atomic E-state index is 13.3. The van der Waals surface area contributed by atoms with Gasteiger partial charge in [-0.15, -0.1) is 0 Å². The van der Waals surface area contributed by atoms with Gasteiger partial charge in [-0.05, 0) is 36.4 Å². The molecular formula is C17H13FN4O3. The molecule has 126 valence electrons. The van der Waals surface area contributed by atoms with Crippen molar-refractivity contribution in [3.05, 3.63) is 70.9 Å². The highest BCUT2D eigenvalue weighted by molar-refractivity contribution is 5.86. The highest BCUT2D eigenvalue weighted by Crippen LogP contribution is 2.18. The summed E-state index contributed by atoms with van der Waals surface area (Å²) in [6.07, 6.45) is 2.96. The van der Waals surface area contributed by atoms with Crippen LogP contribution in [0.5, 0.6) is 0 Å². The minimum absolute atomic E-state index is 0.216. The molecule has 3 heterocycles. The largest absolute Gasteiger partial charge is 0.467 e. The van der Waals surface area contributed by atoms with E-state index in [1.165, 1.54) is 24.7 Å². The Labute approximate surface area is 140 Å². The second-order valence-corrected chi connectivity index (χ2v) is 5.55. The fourth-order valence-corrected chi connectivity index (χ4v) is 2.70. The van der Waals surface area contributed by atoms with Crippen LogP contribution in [0, 0.1) is 5.82 Å². The van der Waals surface area contributed by atoms with E-state index in [9.17, 15) is 14.0 Å². The van der Waals surface area contributed by atoms with Crippen LogP contribution in [0.4, 0.5) is 4.39 Å². The topological polar surface area (TPSA) is 81.5 Å². The molecule has 3 aromatic heterocycles. The van der Waals surface area contributed by atoms with Crippen molar-refractivity contribution in [2.24, 2.45) is 0 Å². The molecule has 0 atom stereocenters. The standard InChI is InChI=1S/C17H13FN4O3/c18-12-3-4-14-11(6-12)7-15-17(24)22(20-10-21(14)15)9-16(23)19-8-13-2-1-5-25-13/h1-7,10H,8-9H2,(H,19,23). The molecule has 0 aliphatic carbocycles. The highest BCUT2D eigenvalue weighted by atomic mass is 19.1. The number of fused-ring (bicyclic) bond motifs is 3.